The Morgan fingerprint density at radius 3 is 2.22 bits per heavy atom. The summed E-state index contributed by atoms with van der Waals surface area (Å²) in [5, 5.41) is 0.160. The van der Waals surface area contributed by atoms with E-state index in [1.807, 2.05) is 36.4 Å². The average Bonchev–Trinajstić information content (AvgIpc) is 2.62. The summed E-state index contributed by atoms with van der Waals surface area (Å²) < 4.78 is 5.07. The molecule has 2 aromatic rings. The number of ether oxygens (including phenoxy) is 1. The van der Waals surface area contributed by atoms with Crippen molar-refractivity contribution in [2.75, 3.05) is 7.11 Å². The highest BCUT2D eigenvalue weighted by Crippen LogP contribution is 2.47. The molecule has 0 aliphatic carbocycles. The molecule has 3 rings (SSSR count). The van der Waals surface area contributed by atoms with Crippen molar-refractivity contribution in [1.29, 1.82) is 0 Å². The van der Waals surface area contributed by atoms with Crippen LogP contribution >= 0.6 is 11.8 Å². The van der Waals surface area contributed by atoms with Crippen LogP contribution in [0.5, 0.6) is 0 Å². The maximum atomic E-state index is 12.3. The van der Waals surface area contributed by atoms with E-state index in [-0.39, 0.29) is 23.1 Å². The van der Waals surface area contributed by atoms with Crippen molar-refractivity contribution in [3.05, 3.63) is 77.9 Å². The van der Waals surface area contributed by atoms with Crippen LogP contribution in [0.1, 0.15) is 24.0 Å². The highest BCUT2D eigenvalue weighted by atomic mass is 32.2. The van der Waals surface area contributed by atoms with Gasteiger partial charge in [0.1, 0.15) is 0 Å². The lowest BCUT2D eigenvalue weighted by Gasteiger charge is -2.33. The zero-order valence-electron chi connectivity index (χ0n) is 13.3. The SMILES string of the molecule is COC(=O)C1C(C)SC(c2ccccc2)=CC1c1ccccc1. The molecule has 0 aromatic heterocycles. The van der Waals surface area contributed by atoms with E-state index in [1.54, 1.807) is 11.8 Å². The first-order valence-corrected chi connectivity index (χ1v) is 8.65. The molecule has 2 nitrogen and oxygen atoms in total. The van der Waals surface area contributed by atoms with Crippen molar-refractivity contribution in [2.45, 2.75) is 18.1 Å². The molecule has 0 amide bonds. The van der Waals surface area contributed by atoms with Crippen molar-refractivity contribution in [1.82, 2.24) is 0 Å². The van der Waals surface area contributed by atoms with Gasteiger partial charge in [-0.3, -0.25) is 4.79 Å². The number of benzene rings is 2. The second-order valence-electron chi connectivity index (χ2n) is 5.71. The van der Waals surface area contributed by atoms with Crippen LogP contribution < -0.4 is 0 Å². The minimum Gasteiger partial charge on any atom is -0.469 e. The number of rotatable bonds is 3. The zero-order valence-corrected chi connectivity index (χ0v) is 14.1. The largest absolute Gasteiger partial charge is 0.469 e. The number of hydrogen-bond acceptors (Lipinski definition) is 3. The van der Waals surface area contributed by atoms with Gasteiger partial charge in [-0.2, -0.15) is 0 Å². The van der Waals surface area contributed by atoms with Gasteiger partial charge in [0.25, 0.3) is 0 Å². The standard InChI is InChI=1S/C20H20O2S/c1-14-19(20(21)22-2)17(15-9-5-3-6-10-15)13-18(23-14)16-11-7-4-8-12-16/h3-14,17,19H,1-2H3. The summed E-state index contributed by atoms with van der Waals surface area (Å²) in [5.74, 6) is -0.266. The van der Waals surface area contributed by atoms with Crippen LogP contribution in [0.3, 0.4) is 0 Å². The van der Waals surface area contributed by atoms with Crippen LogP contribution in [-0.4, -0.2) is 18.3 Å². The molecule has 0 bridgehead atoms. The summed E-state index contributed by atoms with van der Waals surface area (Å²) in [6.45, 7) is 2.11. The monoisotopic (exact) mass is 324 g/mol. The van der Waals surface area contributed by atoms with Gasteiger partial charge in [0.05, 0.1) is 13.0 Å². The fraction of sp³-hybridized carbons (Fsp3) is 0.250. The van der Waals surface area contributed by atoms with E-state index in [0.717, 1.165) is 5.56 Å². The maximum Gasteiger partial charge on any atom is 0.310 e. The Balaban J connectivity index is 2.05. The van der Waals surface area contributed by atoms with E-state index < -0.39 is 0 Å². The molecule has 2 aromatic carbocycles. The lowest BCUT2D eigenvalue weighted by molar-refractivity contribution is -0.145. The summed E-state index contributed by atoms with van der Waals surface area (Å²) >= 11 is 1.75. The summed E-state index contributed by atoms with van der Waals surface area (Å²) in [5.41, 5.74) is 2.36. The molecule has 0 N–H and O–H groups in total. The van der Waals surface area contributed by atoms with E-state index in [1.165, 1.54) is 17.6 Å². The smallest absolute Gasteiger partial charge is 0.310 e. The number of methoxy groups -OCH3 is 1. The van der Waals surface area contributed by atoms with Gasteiger partial charge in [-0.05, 0) is 11.1 Å². The Bertz CT molecular complexity index is 694. The van der Waals surface area contributed by atoms with Crippen LogP contribution in [0.15, 0.2) is 66.7 Å². The Kier molecular flexibility index (Phi) is 4.87. The van der Waals surface area contributed by atoms with Crippen LogP contribution in [0.25, 0.3) is 4.91 Å². The lowest BCUT2D eigenvalue weighted by atomic mass is 9.83. The van der Waals surface area contributed by atoms with Gasteiger partial charge in [-0.15, -0.1) is 11.8 Å². The van der Waals surface area contributed by atoms with Crippen molar-refractivity contribution in [3.8, 4) is 0 Å². The second-order valence-corrected chi connectivity index (χ2v) is 7.12. The van der Waals surface area contributed by atoms with Gasteiger partial charge >= 0.3 is 5.97 Å². The molecule has 3 heteroatoms. The fourth-order valence-corrected chi connectivity index (χ4v) is 4.42. The number of carbonyl (C=O) groups is 1. The molecular weight excluding hydrogens is 304 g/mol. The number of hydrogen-bond donors (Lipinski definition) is 0. The molecule has 3 unspecified atom stereocenters. The van der Waals surface area contributed by atoms with E-state index >= 15 is 0 Å². The second kappa shape index (κ2) is 7.05. The Labute approximate surface area is 141 Å². The highest BCUT2D eigenvalue weighted by Gasteiger charge is 2.38. The van der Waals surface area contributed by atoms with Gasteiger partial charge in [0.15, 0.2) is 0 Å². The van der Waals surface area contributed by atoms with Crippen LogP contribution in [0.2, 0.25) is 0 Å². The first kappa shape index (κ1) is 15.9. The predicted molar refractivity (Wildman–Crippen MR) is 96.2 cm³/mol. The Morgan fingerprint density at radius 2 is 1.61 bits per heavy atom. The van der Waals surface area contributed by atoms with Gasteiger partial charge in [0, 0.05) is 16.1 Å². The molecule has 1 aliphatic rings. The molecule has 0 spiro atoms. The van der Waals surface area contributed by atoms with Crippen LogP contribution in [0, 0.1) is 5.92 Å². The molecule has 23 heavy (non-hydrogen) atoms. The molecule has 0 fully saturated rings. The summed E-state index contributed by atoms with van der Waals surface area (Å²) in [6.07, 6.45) is 2.22. The molecular formula is C20H20O2S. The minimum absolute atomic E-state index is 0.0371. The third kappa shape index (κ3) is 3.35. The lowest BCUT2D eigenvalue weighted by Crippen LogP contribution is -2.32. The van der Waals surface area contributed by atoms with Gasteiger partial charge in [0.2, 0.25) is 0 Å². The van der Waals surface area contributed by atoms with Crippen molar-refractivity contribution < 1.29 is 9.53 Å². The molecule has 3 atom stereocenters. The van der Waals surface area contributed by atoms with E-state index in [4.69, 9.17) is 4.74 Å². The quantitative estimate of drug-likeness (QED) is 0.763. The minimum atomic E-state index is -0.167. The van der Waals surface area contributed by atoms with Crippen LogP contribution in [-0.2, 0) is 9.53 Å². The van der Waals surface area contributed by atoms with E-state index in [9.17, 15) is 4.79 Å². The molecule has 1 heterocycles. The predicted octanol–water partition coefficient (Wildman–Crippen LogP) is 4.74. The Morgan fingerprint density at radius 1 is 1.00 bits per heavy atom. The fourth-order valence-electron chi connectivity index (χ4n) is 3.09. The molecule has 118 valence electrons. The van der Waals surface area contributed by atoms with E-state index in [2.05, 4.69) is 37.3 Å². The highest BCUT2D eigenvalue weighted by molar-refractivity contribution is 8.08. The molecule has 0 saturated heterocycles. The molecule has 0 radical (unpaired) electrons. The third-order valence-electron chi connectivity index (χ3n) is 4.25. The Hall–Kier alpha value is -2.00. The zero-order chi connectivity index (χ0) is 16.2. The first-order chi connectivity index (χ1) is 11.2. The first-order valence-electron chi connectivity index (χ1n) is 7.77. The maximum absolute atomic E-state index is 12.3. The number of carbonyl (C=O) groups excluding carboxylic acids is 1. The van der Waals surface area contributed by atoms with Gasteiger partial charge in [-0.25, -0.2) is 0 Å². The average molecular weight is 324 g/mol. The van der Waals surface area contributed by atoms with Gasteiger partial charge < -0.3 is 4.74 Å². The summed E-state index contributed by atoms with van der Waals surface area (Å²) in [6, 6.07) is 20.6. The number of thioether (sulfide) groups is 1. The molecule has 0 saturated carbocycles. The van der Waals surface area contributed by atoms with E-state index in [0.29, 0.717) is 0 Å². The van der Waals surface area contributed by atoms with Crippen molar-refractivity contribution in [2.24, 2.45) is 5.92 Å². The third-order valence-corrected chi connectivity index (χ3v) is 5.54. The summed E-state index contributed by atoms with van der Waals surface area (Å²) in [7, 11) is 1.47. The van der Waals surface area contributed by atoms with Gasteiger partial charge in [-0.1, -0.05) is 73.7 Å². The number of allylic oxidation sites excluding steroid dienone is 1. The topological polar surface area (TPSA) is 26.3 Å². The summed E-state index contributed by atoms with van der Waals surface area (Å²) in [4.78, 5) is 13.6. The number of esters is 1. The normalized spacial score (nSPS) is 23.9. The molecule has 1 aliphatic heterocycles. The van der Waals surface area contributed by atoms with Crippen molar-refractivity contribution in [3.63, 3.8) is 0 Å². The van der Waals surface area contributed by atoms with Crippen molar-refractivity contribution >= 4 is 22.6 Å². The van der Waals surface area contributed by atoms with Crippen LogP contribution in [0.4, 0.5) is 0 Å².